The fourth-order valence-electron chi connectivity index (χ4n) is 6.06. The molecule has 0 bridgehead atoms. The van der Waals surface area contributed by atoms with Gasteiger partial charge in [-0.3, -0.25) is 4.79 Å². The number of rotatable bonds is 5. The molecule has 0 radical (unpaired) electrons. The van der Waals surface area contributed by atoms with Crippen LogP contribution in [0.15, 0.2) is 42.5 Å². The molecule has 2 N–H and O–H groups in total. The average molecular weight is 471 g/mol. The second kappa shape index (κ2) is 8.09. The molecule has 7 nitrogen and oxygen atoms in total. The fraction of sp³-hybridized carbons (Fsp3) is 0.321. The monoisotopic (exact) mass is 470 g/mol. The van der Waals surface area contributed by atoms with Gasteiger partial charge in [-0.05, 0) is 53.3 Å². The molecule has 1 aliphatic carbocycles. The third-order valence-corrected chi connectivity index (χ3v) is 7.46. The van der Waals surface area contributed by atoms with Crippen LogP contribution in [-0.4, -0.2) is 48.3 Å². The summed E-state index contributed by atoms with van der Waals surface area (Å²) < 4.78 is 19.2. The lowest BCUT2D eigenvalue weighted by Crippen LogP contribution is -2.18. The van der Waals surface area contributed by atoms with Crippen molar-refractivity contribution < 1.29 is 24.1 Å². The molecule has 1 fully saturated rings. The molecule has 4 aromatic rings. The molecule has 2 aliphatic heterocycles. The van der Waals surface area contributed by atoms with Gasteiger partial charge in [-0.25, -0.2) is 0 Å². The van der Waals surface area contributed by atoms with Gasteiger partial charge in [-0.15, -0.1) is 0 Å². The van der Waals surface area contributed by atoms with Crippen LogP contribution in [0, 0.1) is 0 Å². The minimum Gasteiger partial charge on any atom is -0.488 e. The first-order chi connectivity index (χ1) is 17.2. The van der Waals surface area contributed by atoms with Gasteiger partial charge in [0.05, 0.1) is 30.9 Å². The van der Waals surface area contributed by atoms with Crippen molar-refractivity contribution in [1.29, 1.82) is 0 Å². The predicted molar refractivity (Wildman–Crippen MR) is 132 cm³/mol. The number of fused-ring (bicyclic) bond motifs is 10. The number of nitrogens with one attached hydrogen (secondary N) is 1. The van der Waals surface area contributed by atoms with Crippen LogP contribution in [0.5, 0.6) is 5.75 Å². The Kier molecular flexibility index (Phi) is 4.84. The van der Waals surface area contributed by atoms with Crippen molar-refractivity contribution >= 4 is 27.7 Å². The summed E-state index contributed by atoms with van der Waals surface area (Å²) in [6, 6.07) is 14.4. The molecule has 35 heavy (non-hydrogen) atoms. The quantitative estimate of drug-likeness (QED) is 0.466. The Labute approximate surface area is 202 Å². The molecule has 0 unspecified atom stereocenters. The van der Waals surface area contributed by atoms with Crippen molar-refractivity contribution in [1.82, 2.24) is 9.88 Å². The van der Waals surface area contributed by atoms with Gasteiger partial charge in [0.25, 0.3) is 5.91 Å². The van der Waals surface area contributed by atoms with Crippen LogP contribution in [-0.2, 0) is 35.4 Å². The summed E-state index contributed by atoms with van der Waals surface area (Å²) in [7, 11) is 0. The lowest BCUT2D eigenvalue weighted by Gasteiger charge is -2.25. The maximum Gasteiger partial charge on any atom is 0.252 e. The van der Waals surface area contributed by atoms with E-state index in [0.29, 0.717) is 32.9 Å². The molecular weight excluding hydrogens is 444 g/mol. The second-order valence-corrected chi connectivity index (χ2v) is 9.31. The number of benzene rings is 3. The largest absolute Gasteiger partial charge is 0.488 e. The zero-order chi connectivity index (χ0) is 23.5. The van der Waals surface area contributed by atoms with Crippen LogP contribution < -0.4 is 10.1 Å². The molecule has 0 saturated carbocycles. The first-order valence-electron chi connectivity index (χ1n) is 12.2. The highest BCUT2D eigenvalue weighted by Gasteiger charge is 2.34. The molecule has 3 aromatic carbocycles. The van der Waals surface area contributed by atoms with Crippen LogP contribution in [0.3, 0.4) is 0 Å². The van der Waals surface area contributed by atoms with Crippen molar-refractivity contribution in [3.05, 3.63) is 64.7 Å². The van der Waals surface area contributed by atoms with E-state index < -0.39 is 0 Å². The minimum atomic E-state index is -0.319. The van der Waals surface area contributed by atoms with E-state index in [-0.39, 0.29) is 18.8 Å². The smallest absolute Gasteiger partial charge is 0.252 e. The van der Waals surface area contributed by atoms with E-state index in [9.17, 15) is 9.90 Å². The molecular formula is C28H26N2O5. The number of aromatic nitrogens is 1. The number of aryl methyl sites for hydroxylation is 2. The number of carbonyl (C=O) groups excluding carboxylic acids is 1. The number of hydrogen-bond donors (Lipinski definition) is 2. The van der Waals surface area contributed by atoms with Gasteiger partial charge in [0.1, 0.15) is 12.4 Å². The molecule has 7 rings (SSSR count). The molecule has 7 heteroatoms. The zero-order valence-electron chi connectivity index (χ0n) is 19.3. The third-order valence-electron chi connectivity index (χ3n) is 7.46. The third kappa shape index (κ3) is 3.12. The SMILES string of the molecule is O=C1NCc2c1c1c(c3c2c2ccccc2n3CCO)CCc2cc(OCC3OCCO3)ccc2-1. The number of ether oxygens (including phenoxy) is 3. The molecule has 0 spiro atoms. The van der Waals surface area contributed by atoms with E-state index >= 15 is 0 Å². The van der Waals surface area contributed by atoms with Crippen LogP contribution in [0.1, 0.15) is 27.0 Å². The number of aliphatic hydroxyl groups excluding tert-OH is 1. The fourth-order valence-corrected chi connectivity index (χ4v) is 6.06. The summed E-state index contributed by atoms with van der Waals surface area (Å²) in [5.41, 5.74) is 8.57. The molecule has 1 amide bonds. The summed E-state index contributed by atoms with van der Waals surface area (Å²) in [6.45, 7) is 2.65. The number of amides is 1. The first-order valence-corrected chi connectivity index (χ1v) is 12.2. The Morgan fingerprint density at radius 2 is 1.91 bits per heavy atom. The van der Waals surface area contributed by atoms with Gasteiger partial charge in [-0.2, -0.15) is 0 Å². The van der Waals surface area contributed by atoms with E-state index in [1.54, 1.807) is 0 Å². The molecule has 0 atom stereocenters. The van der Waals surface area contributed by atoms with E-state index in [4.69, 9.17) is 14.2 Å². The van der Waals surface area contributed by atoms with Crippen molar-refractivity contribution in [3.8, 4) is 16.9 Å². The standard InChI is InChI=1S/C28H26N2O5/c31-10-9-30-22-4-2-1-3-19(22)25-21-14-29-28(32)26(21)24-18-8-6-17(35-15-23-33-11-12-34-23)13-16(18)5-7-20(24)27(25)30/h1-4,6,8,13,23,31H,5,7,9-12,14-15H2,(H,29,32). The zero-order valence-corrected chi connectivity index (χ0v) is 19.3. The maximum absolute atomic E-state index is 13.2. The summed E-state index contributed by atoms with van der Waals surface area (Å²) >= 11 is 0. The number of hydrogen-bond acceptors (Lipinski definition) is 5. The predicted octanol–water partition coefficient (Wildman–Crippen LogP) is 3.55. The number of nitrogens with zero attached hydrogens (tertiary/aromatic N) is 1. The summed E-state index contributed by atoms with van der Waals surface area (Å²) in [5.74, 6) is 0.767. The Bertz CT molecular complexity index is 1500. The lowest BCUT2D eigenvalue weighted by molar-refractivity contribution is -0.0684. The Morgan fingerprint density at radius 1 is 1.06 bits per heavy atom. The Balaban J connectivity index is 1.43. The topological polar surface area (TPSA) is 82.0 Å². The van der Waals surface area contributed by atoms with E-state index in [1.165, 1.54) is 11.1 Å². The van der Waals surface area contributed by atoms with Gasteiger partial charge in [0.2, 0.25) is 0 Å². The average Bonchev–Trinajstić information content (AvgIpc) is 3.61. The van der Waals surface area contributed by atoms with Crippen LogP contribution >= 0.6 is 0 Å². The van der Waals surface area contributed by atoms with Crippen LogP contribution in [0.25, 0.3) is 32.9 Å². The Hall–Kier alpha value is -3.39. The maximum atomic E-state index is 13.2. The van der Waals surface area contributed by atoms with Crippen molar-refractivity contribution in [3.63, 3.8) is 0 Å². The highest BCUT2D eigenvalue weighted by Crippen LogP contribution is 2.47. The van der Waals surface area contributed by atoms with Crippen molar-refractivity contribution in [2.24, 2.45) is 0 Å². The van der Waals surface area contributed by atoms with Crippen molar-refractivity contribution in [2.45, 2.75) is 32.2 Å². The van der Waals surface area contributed by atoms with Crippen molar-refractivity contribution in [2.75, 3.05) is 26.4 Å². The molecule has 3 heterocycles. The summed E-state index contributed by atoms with van der Waals surface area (Å²) in [6.07, 6.45) is 1.35. The van der Waals surface area contributed by atoms with Gasteiger partial charge >= 0.3 is 0 Å². The van der Waals surface area contributed by atoms with Crippen LogP contribution in [0.4, 0.5) is 0 Å². The molecule has 1 saturated heterocycles. The minimum absolute atomic E-state index is 0.0131. The van der Waals surface area contributed by atoms with E-state index in [2.05, 4.69) is 34.1 Å². The molecule has 178 valence electrons. The molecule has 1 aromatic heterocycles. The summed E-state index contributed by atoms with van der Waals surface area (Å²) in [4.78, 5) is 13.2. The number of carbonyl (C=O) groups is 1. The highest BCUT2D eigenvalue weighted by molar-refractivity contribution is 6.19. The first kappa shape index (κ1) is 20.9. The molecule has 3 aliphatic rings. The Morgan fingerprint density at radius 3 is 2.77 bits per heavy atom. The summed E-state index contributed by atoms with van der Waals surface area (Å²) in [5, 5.41) is 15.2. The van der Waals surface area contributed by atoms with Gasteiger partial charge in [-0.1, -0.05) is 24.3 Å². The number of aliphatic hydroxyl groups is 1. The second-order valence-electron chi connectivity index (χ2n) is 9.31. The number of para-hydroxylation sites is 1. The van der Waals surface area contributed by atoms with E-state index in [1.807, 2.05) is 18.2 Å². The van der Waals surface area contributed by atoms with Gasteiger partial charge in [0.15, 0.2) is 6.29 Å². The van der Waals surface area contributed by atoms with Gasteiger partial charge < -0.3 is 29.2 Å². The lowest BCUT2D eigenvalue weighted by atomic mass is 9.80. The van der Waals surface area contributed by atoms with Crippen LogP contribution in [0.2, 0.25) is 0 Å². The van der Waals surface area contributed by atoms with Gasteiger partial charge in [0, 0.05) is 34.9 Å². The highest BCUT2D eigenvalue weighted by atomic mass is 16.7. The van der Waals surface area contributed by atoms with E-state index in [0.717, 1.165) is 62.7 Å². The normalized spacial score (nSPS) is 17.0.